The molecule has 0 aliphatic carbocycles. The van der Waals surface area contributed by atoms with Crippen molar-refractivity contribution in [3.63, 3.8) is 0 Å². The SMILES string of the molecule is CCN(C(=O)CSc1ccccc1Cl)c1ccc(F)cc1. The van der Waals surface area contributed by atoms with E-state index in [1.165, 1.54) is 23.9 Å². The van der Waals surface area contributed by atoms with Crippen LogP contribution in [0.5, 0.6) is 0 Å². The number of carbonyl (C=O) groups excluding carboxylic acids is 1. The molecule has 0 aliphatic rings. The highest BCUT2D eigenvalue weighted by molar-refractivity contribution is 8.00. The third-order valence-electron chi connectivity index (χ3n) is 2.94. The van der Waals surface area contributed by atoms with E-state index in [1.54, 1.807) is 23.1 Å². The maximum Gasteiger partial charge on any atom is 0.237 e. The molecule has 2 nitrogen and oxygen atoms in total. The largest absolute Gasteiger partial charge is 0.312 e. The van der Waals surface area contributed by atoms with Gasteiger partial charge in [-0.15, -0.1) is 11.8 Å². The third kappa shape index (κ3) is 4.22. The molecule has 1 amide bonds. The van der Waals surface area contributed by atoms with Gasteiger partial charge in [-0.3, -0.25) is 4.79 Å². The molecular weight excluding hydrogens is 309 g/mol. The molecule has 0 aliphatic heterocycles. The fourth-order valence-corrected chi connectivity index (χ4v) is 3.02. The number of nitrogens with zero attached hydrogens (tertiary/aromatic N) is 1. The van der Waals surface area contributed by atoms with Crippen LogP contribution in [0.3, 0.4) is 0 Å². The van der Waals surface area contributed by atoms with Crippen molar-refractivity contribution < 1.29 is 9.18 Å². The lowest BCUT2D eigenvalue weighted by atomic mass is 10.3. The lowest BCUT2D eigenvalue weighted by Gasteiger charge is -2.21. The lowest BCUT2D eigenvalue weighted by molar-refractivity contribution is -0.116. The Bertz CT molecular complexity index is 618. The number of hydrogen-bond donors (Lipinski definition) is 0. The molecule has 0 atom stereocenters. The number of benzene rings is 2. The summed E-state index contributed by atoms with van der Waals surface area (Å²) in [6, 6.07) is 13.3. The molecule has 0 N–H and O–H groups in total. The van der Waals surface area contributed by atoms with E-state index in [9.17, 15) is 9.18 Å². The minimum absolute atomic E-state index is 0.0333. The number of anilines is 1. The van der Waals surface area contributed by atoms with Gasteiger partial charge in [-0.2, -0.15) is 0 Å². The molecule has 2 aromatic carbocycles. The summed E-state index contributed by atoms with van der Waals surface area (Å²) in [5, 5.41) is 0.639. The van der Waals surface area contributed by atoms with Crippen molar-refractivity contribution in [3.05, 3.63) is 59.4 Å². The summed E-state index contributed by atoms with van der Waals surface area (Å²) in [6.07, 6.45) is 0. The highest BCUT2D eigenvalue weighted by Gasteiger charge is 2.14. The number of carbonyl (C=O) groups is 1. The van der Waals surface area contributed by atoms with Gasteiger partial charge < -0.3 is 4.90 Å². The molecular formula is C16H15ClFNOS. The average Bonchev–Trinajstić information content (AvgIpc) is 2.49. The summed E-state index contributed by atoms with van der Waals surface area (Å²) in [7, 11) is 0. The Morgan fingerprint density at radius 3 is 2.48 bits per heavy atom. The predicted octanol–water partition coefficient (Wildman–Crippen LogP) is 4.62. The molecule has 2 aromatic rings. The van der Waals surface area contributed by atoms with Crippen LogP contribution >= 0.6 is 23.4 Å². The maximum atomic E-state index is 12.9. The molecule has 5 heteroatoms. The first-order valence-electron chi connectivity index (χ1n) is 6.55. The molecule has 0 saturated heterocycles. The van der Waals surface area contributed by atoms with Crippen molar-refractivity contribution in [1.82, 2.24) is 0 Å². The second kappa shape index (κ2) is 7.48. The minimum atomic E-state index is -0.312. The van der Waals surface area contributed by atoms with Crippen molar-refractivity contribution in [2.45, 2.75) is 11.8 Å². The van der Waals surface area contributed by atoms with Gasteiger partial charge in [0.25, 0.3) is 0 Å². The van der Waals surface area contributed by atoms with E-state index in [1.807, 2.05) is 25.1 Å². The smallest absolute Gasteiger partial charge is 0.237 e. The fraction of sp³-hybridized carbons (Fsp3) is 0.188. The fourth-order valence-electron chi connectivity index (χ4n) is 1.90. The van der Waals surface area contributed by atoms with Crippen molar-refractivity contribution in [3.8, 4) is 0 Å². The highest BCUT2D eigenvalue weighted by atomic mass is 35.5. The van der Waals surface area contributed by atoms with Gasteiger partial charge in [0, 0.05) is 17.1 Å². The first kappa shape index (κ1) is 15.9. The summed E-state index contributed by atoms with van der Waals surface area (Å²) < 4.78 is 12.9. The Morgan fingerprint density at radius 1 is 1.19 bits per heavy atom. The monoisotopic (exact) mass is 323 g/mol. The van der Waals surface area contributed by atoms with Gasteiger partial charge >= 0.3 is 0 Å². The first-order valence-corrected chi connectivity index (χ1v) is 7.91. The van der Waals surface area contributed by atoms with Crippen LogP contribution in [0.15, 0.2) is 53.4 Å². The summed E-state index contributed by atoms with van der Waals surface area (Å²) >= 11 is 7.47. The summed E-state index contributed by atoms with van der Waals surface area (Å²) in [5.41, 5.74) is 0.698. The van der Waals surface area contributed by atoms with Gasteiger partial charge in [-0.25, -0.2) is 4.39 Å². The zero-order chi connectivity index (χ0) is 15.2. The molecule has 0 heterocycles. The van der Waals surface area contributed by atoms with Gasteiger partial charge in [0.2, 0.25) is 5.91 Å². The number of rotatable bonds is 5. The third-order valence-corrected chi connectivity index (χ3v) is 4.44. The van der Waals surface area contributed by atoms with E-state index >= 15 is 0 Å². The van der Waals surface area contributed by atoms with Crippen LogP contribution in [0.25, 0.3) is 0 Å². The summed E-state index contributed by atoms with van der Waals surface area (Å²) in [6.45, 7) is 2.43. The van der Waals surface area contributed by atoms with Crippen LogP contribution in [0.2, 0.25) is 5.02 Å². The molecule has 0 fully saturated rings. The Labute approximate surface area is 132 Å². The van der Waals surface area contributed by atoms with Gasteiger partial charge in [-0.1, -0.05) is 23.7 Å². The predicted molar refractivity (Wildman–Crippen MR) is 86.6 cm³/mol. The lowest BCUT2D eigenvalue weighted by Crippen LogP contribution is -2.32. The van der Waals surface area contributed by atoms with Gasteiger partial charge in [0.1, 0.15) is 5.82 Å². The van der Waals surface area contributed by atoms with E-state index in [0.29, 0.717) is 17.3 Å². The van der Waals surface area contributed by atoms with Crippen LogP contribution in [-0.4, -0.2) is 18.2 Å². The van der Waals surface area contributed by atoms with Crippen LogP contribution in [0, 0.1) is 5.82 Å². The van der Waals surface area contributed by atoms with Crippen molar-refractivity contribution in [2.75, 3.05) is 17.2 Å². The number of thioether (sulfide) groups is 1. The van der Waals surface area contributed by atoms with Gasteiger partial charge in [-0.05, 0) is 43.3 Å². The molecule has 110 valence electrons. The van der Waals surface area contributed by atoms with E-state index in [0.717, 1.165) is 4.90 Å². The summed E-state index contributed by atoms with van der Waals surface area (Å²) in [5.74, 6) is -0.0590. The molecule has 0 radical (unpaired) electrons. The Balaban J connectivity index is 2.04. The molecule has 21 heavy (non-hydrogen) atoms. The molecule has 0 saturated carbocycles. The van der Waals surface area contributed by atoms with Gasteiger partial charge in [0.05, 0.1) is 10.8 Å². The maximum absolute atomic E-state index is 12.9. The zero-order valence-electron chi connectivity index (χ0n) is 11.6. The van der Waals surface area contributed by atoms with Crippen molar-refractivity contribution in [1.29, 1.82) is 0 Å². The van der Waals surface area contributed by atoms with E-state index in [4.69, 9.17) is 11.6 Å². The van der Waals surface area contributed by atoms with E-state index < -0.39 is 0 Å². The van der Waals surface area contributed by atoms with E-state index in [2.05, 4.69) is 0 Å². The van der Waals surface area contributed by atoms with E-state index in [-0.39, 0.29) is 17.5 Å². The Kier molecular flexibility index (Phi) is 5.65. The molecule has 0 spiro atoms. The summed E-state index contributed by atoms with van der Waals surface area (Å²) in [4.78, 5) is 14.8. The number of hydrogen-bond acceptors (Lipinski definition) is 2. The molecule has 0 bridgehead atoms. The van der Waals surface area contributed by atoms with Crippen LogP contribution in [0.4, 0.5) is 10.1 Å². The highest BCUT2D eigenvalue weighted by Crippen LogP contribution is 2.27. The second-order valence-electron chi connectivity index (χ2n) is 4.33. The zero-order valence-corrected chi connectivity index (χ0v) is 13.1. The van der Waals surface area contributed by atoms with Crippen LogP contribution < -0.4 is 4.90 Å². The van der Waals surface area contributed by atoms with Crippen LogP contribution in [-0.2, 0) is 4.79 Å². The average molecular weight is 324 g/mol. The standard InChI is InChI=1S/C16H15ClFNOS/c1-2-19(13-9-7-12(18)8-10-13)16(20)11-21-15-6-4-3-5-14(15)17/h3-10H,2,11H2,1H3. The van der Waals surface area contributed by atoms with Gasteiger partial charge in [0.15, 0.2) is 0 Å². The van der Waals surface area contributed by atoms with Crippen LogP contribution in [0.1, 0.15) is 6.92 Å². The Hall–Kier alpha value is -1.52. The Morgan fingerprint density at radius 2 is 1.86 bits per heavy atom. The quantitative estimate of drug-likeness (QED) is 0.748. The number of halogens is 2. The van der Waals surface area contributed by atoms with Crippen molar-refractivity contribution >= 4 is 35.0 Å². The second-order valence-corrected chi connectivity index (χ2v) is 5.76. The first-order chi connectivity index (χ1) is 10.1. The molecule has 0 unspecified atom stereocenters. The normalized spacial score (nSPS) is 10.4. The number of amides is 1. The van der Waals surface area contributed by atoms with Crippen molar-refractivity contribution in [2.24, 2.45) is 0 Å². The minimum Gasteiger partial charge on any atom is -0.312 e. The molecule has 2 rings (SSSR count). The topological polar surface area (TPSA) is 20.3 Å². The molecule has 0 aromatic heterocycles.